The second kappa shape index (κ2) is 6.71. The average molecular weight is 352 g/mol. The van der Waals surface area contributed by atoms with Crippen molar-refractivity contribution in [3.63, 3.8) is 0 Å². The Labute approximate surface area is 155 Å². The van der Waals surface area contributed by atoms with Crippen LogP contribution in [0.3, 0.4) is 0 Å². The highest BCUT2D eigenvalue weighted by Crippen LogP contribution is 2.30. The molecule has 26 heavy (non-hydrogen) atoms. The van der Waals surface area contributed by atoms with E-state index in [0.29, 0.717) is 6.04 Å². The minimum absolute atomic E-state index is 0.0408. The van der Waals surface area contributed by atoms with Gasteiger partial charge in [-0.3, -0.25) is 9.58 Å². The van der Waals surface area contributed by atoms with Gasteiger partial charge >= 0.3 is 0 Å². The molecular formula is C21H28N4O. The minimum Gasteiger partial charge on any atom is -0.390 e. The number of aromatic nitrogens is 2. The van der Waals surface area contributed by atoms with Crippen LogP contribution < -0.4 is 4.90 Å². The zero-order valence-electron chi connectivity index (χ0n) is 15.4. The first-order valence-corrected chi connectivity index (χ1v) is 10.1. The van der Waals surface area contributed by atoms with Crippen molar-refractivity contribution in [2.24, 2.45) is 0 Å². The molecular weight excluding hydrogens is 324 g/mol. The van der Waals surface area contributed by atoms with Crippen molar-refractivity contribution < 1.29 is 5.11 Å². The van der Waals surface area contributed by atoms with Crippen molar-refractivity contribution in [3.05, 3.63) is 46.8 Å². The molecule has 0 unspecified atom stereocenters. The molecule has 2 aromatic rings. The minimum atomic E-state index is 0.0408. The highest BCUT2D eigenvalue weighted by molar-refractivity contribution is 5.52. The molecule has 5 rings (SSSR count). The van der Waals surface area contributed by atoms with E-state index in [0.717, 1.165) is 38.4 Å². The molecule has 1 fully saturated rings. The van der Waals surface area contributed by atoms with Crippen molar-refractivity contribution in [2.45, 2.75) is 57.8 Å². The number of rotatable bonds is 3. The number of aryl methyl sites for hydroxylation is 2. The van der Waals surface area contributed by atoms with Crippen molar-refractivity contribution in [1.82, 2.24) is 14.7 Å². The van der Waals surface area contributed by atoms with Crippen molar-refractivity contribution in [3.8, 4) is 0 Å². The largest absolute Gasteiger partial charge is 0.390 e. The lowest BCUT2D eigenvalue weighted by molar-refractivity contribution is 0.129. The summed E-state index contributed by atoms with van der Waals surface area (Å²) in [4.78, 5) is 5.20. The van der Waals surface area contributed by atoms with Gasteiger partial charge in [0.2, 0.25) is 0 Å². The van der Waals surface area contributed by atoms with Gasteiger partial charge in [0.25, 0.3) is 0 Å². The summed E-state index contributed by atoms with van der Waals surface area (Å²) in [6.07, 6.45) is 6.32. The highest BCUT2D eigenvalue weighted by atomic mass is 16.3. The molecule has 1 N–H and O–H groups in total. The molecule has 1 aromatic carbocycles. The molecule has 1 aromatic heterocycles. The van der Waals surface area contributed by atoms with Crippen LogP contribution in [0.4, 0.5) is 5.69 Å². The summed E-state index contributed by atoms with van der Waals surface area (Å²) in [5, 5.41) is 13.8. The second-order valence-corrected chi connectivity index (χ2v) is 8.00. The van der Waals surface area contributed by atoms with Gasteiger partial charge in [-0.2, -0.15) is 5.10 Å². The lowest BCUT2D eigenvalue weighted by atomic mass is 10.0. The predicted molar refractivity (Wildman–Crippen MR) is 102 cm³/mol. The van der Waals surface area contributed by atoms with Gasteiger partial charge < -0.3 is 10.0 Å². The SMILES string of the molecule is OCc1cc2n(n1)CCN(C1CCN(c3ccc4c(c3)CCC4)CC1)C2. The van der Waals surface area contributed by atoms with Crippen molar-refractivity contribution >= 4 is 5.69 Å². The molecule has 5 nitrogen and oxygen atoms in total. The Morgan fingerprint density at radius 1 is 1.00 bits per heavy atom. The Balaban J connectivity index is 1.22. The van der Waals surface area contributed by atoms with E-state index in [1.807, 2.05) is 0 Å². The number of fused-ring (bicyclic) bond motifs is 2. The number of nitrogens with zero attached hydrogens (tertiary/aromatic N) is 4. The number of aliphatic hydroxyl groups excluding tert-OH is 1. The Bertz CT molecular complexity index is 791. The van der Waals surface area contributed by atoms with E-state index in [-0.39, 0.29) is 6.61 Å². The first kappa shape index (κ1) is 16.3. The Kier molecular flexibility index (Phi) is 4.21. The summed E-state index contributed by atoms with van der Waals surface area (Å²) in [5.74, 6) is 0. The number of piperidine rings is 1. The number of aliphatic hydroxyl groups is 1. The quantitative estimate of drug-likeness (QED) is 0.921. The number of hydrogen-bond donors (Lipinski definition) is 1. The fraction of sp³-hybridized carbons (Fsp3) is 0.571. The van der Waals surface area contributed by atoms with Gasteiger partial charge in [0.05, 0.1) is 24.5 Å². The first-order valence-electron chi connectivity index (χ1n) is 10.1. The molecule has 0 bridgehead atoms. The smallest absolute Gasteiger partial charge is 0.0882 e. The maximum Gasteiger partial charge on any atom is 0.0882 e. The van der Waals surface area contributed by atoms with Crippen LogP contribution in [0.1, 0.15) is 41.8 Å². The van der Waals surface area contributed by atoms with Crippen LogP contribution in [0.15, 0.2) is 24.3 Å². The Hall–Kier alpha value is -1.85. The van der Waals surface area contributed by atoms with Crippen LogP contribution >= 0.6 is 0 Å². The summed E-state index contributed by atoms with van der Waals surface area (Å²) in [6, 6.07) is 9.86. The van der Waals surface area contributed by atoms with Gasteiger partial charge in [-0.05, 0) is 61.4 Å². The lowest BCUT2D eigenvalue weighted by Crippen LogP contribution is -2.47. The van der Waals surface area contributed by atoms with Crippen LogP contribution in [-0.2, 0) is 32.5 Å². The molecule has 5 heteroatoms. The summed E-state index contributed by atoms with van der Waals surface area (Å²) >= 11 is 0. The van der Waals surface area contributed by atoms with Crippen LogP contribution in [-0.4, -0.2) is 45.5 Å². The molecule has 0 atom stereocenters. The fourth-order valence-corrected chi connectivity index (χ4v) is 4.98. The van der Waals surface area contributed by atoms with Gasteiger partial charge in [-0.1, -0.05) is 6.07 Å². The number of hydrogen-bond acceptors (Lipinski definition) is 4. The van der Waals surface area contributed by atoms with Gasteiger partial charge in [0, 0.05) is 37.9 Å². The highest BCUT2D eigenvalue weighted by Gasteiger charge is 2.28. The third-order valence-electron chi connectivity index (χ3n) is 6.47. The van der Waals surface area contributed by atoms with Gasteiger partial charge in [0.1, 0.15) is 0 Å². The van der Waals surface area contributed by atoms with E-state index < -0.39 is 0 Å². The maximum absolute atomic E-state index is 9.30. The van der Waals surface area contributed by atoms with Crippen molar-refractivity contribution in [1.29, 1.82) is 0 Å². The molecule has 0 spiro atoms. The van der Waals surface area contributed by atoms with Crippen LogP contribution in [0, 0.1) is 0 Å². The third-order valence-corrected chi connectivity index (χ3v) is 6.47. The molecule has 3 aliphatic rings. The Morgan fingerprint density at radius 3 is 2.69 bits per heavy atom. The fourth-order valence-electron chi connectivity index (χ4n) is 4.98. The second-order valence-electron chi connectivity index (χ2n) is 8.00. The van der Waals surface area contributed by atoms with E-state index in [9.17, 15) is 5.11 Å². The van der Waals surface area contributed by atoms with Crippen LogP contribution in [0.25, 0.3) is 0 Å². The Morgan fingerprint density at radius 2 is 1.85 bits per heavy atom. The van der Waals surface area contributed by atoms with Gasteiger partial charge in [-0.25, -0.2) is 0 Å². The summed E-state index contributed by atoms with van der Waals surface area (Å²) in [6.45, 7) is 5.33. The third kappa shape index (κ3) is 2.93. The van der Waals surface area contributed by atoms with Gasteiger partial charge in [0.15, 0.2) is 0 Å². The topological polar surface area (TPSA) is 44.5 Å². The van der Waals surface area contributed by atoms with E-state index in [4.69, 9.17) is 0 Å². The van der Waals surface area contributed by atoms with Crippen molar-refractivity contribution in [2.75, 3.05) is 24.5 Å². The summed E-state index contributed by atoms with van der Waals surface area (Å²) in [7, 11) is 0. The van der Waals surface area contributed by atoms with E-state index in [2.05, 4.69) is 43.8 Å². The normalized spacial score (nSPS) is 21.0. The molecule has 0 radical (unpaired) electrons. The maximum atomic E-state index is 9.30. The molecule has 2 aliphatic heterocycles. The molecule has 0 amide bonds. The predicted octanol–water partition coefficient (Wildman–Crippen LogP) is 2.35. The number of anilines is 1. The monoisotopic (exact) mass is 352 g/mol. The van der Waals surface area contributed by atoms with Crippen LogP contribution in [0.5, 0.6) is 0 Å². The summed E-state index contributed by atoms with van der Waals surface area (Å²) < 4.78 is 2.07. The molecule has 138 valence electrons. The van der Waals surface area contributed by atoms with Gasteiger partial charge in [-0.15, -0.1) is 0 Å². The molecule has 1 aliphatic carbocycles. The van der Waals surface area contributed by atoms with E-state index in [1.165, 1.54) is 43.5 Å². The lowest BCUT2D eigenvalue weighted by Gasteiger charge is -2.41. The summed E-state index contributed by atoms with van der Waals surface area (Å²) in [5.41, 5.74) is 6.62. The molecule has 3 heterocycles. The standard InChI is InChI=1S/C21H28N4O/c26-15-18-13-21-14-24(10-11-25(21)22-18)19-6-8-23(9-7-19)20-5-4-16-2-1-3-17(16)12-20/h4-5,12-13,19,26H,1-3,6-11,14-15H2. The average Bonchev–Trinajstić information content (AvgIpc) is 3.33. The van der Waals surface area contributed by atoms with Crippen LogP contribution in [0.2, 0.25) is 0 Å². The zero-order chi connectivity index (χ0) is 17.5. The first-order chi connectivity index (χ1) is 12.8. The van der Waals surface area contributed by atoms with E-state index in [1.54, 1.807) is 11.1 Å². The zero-order valence-corrected chi connectivity index (χ0v) is 15.4. The number of benzene rings is 1. The van der Waals surface area contributed by atoms with E-state index >= 15 is 0 Å². The molecule has 0 saturated carbocycles. The molecule has 1 saturated heterocycles.